The fraction of sp³-hybridized carbons (Fsp3) is 0.100. The van der Waals surface area contributed by atoms with E-state index in [1.165, 1.54) is 0 Å². The zero-order chi connectivity index (χ0) is 9.14. The second-order valence-corrected chi connectivity index (χ2v) is 2.67. The molecule has 2 nitrogen and oxygen atoms in total. The average molecular weight is 158 g/mol. The smallest absolute Gasteiger partial charge is 0.0991 e. The minimum absolute atomic E-state index is 0.504. The van der Waals surface area contributed by atoms with E-state index in [1.807, 2.05) is 13.0 Å². The largest absolute Gasteiger partial charge is 0.399 e. The number of nitriles is 1. The second-order valence-electron chi connectivity index (χ2n) is 2.67. The number of nitrogens with zero attached hydrogens (tertiary/aromatic N) is 1. The van der Waals surface area contributed by atoms with Gasteiger partial charge in [0.15, 0.2) is 0 Å². The number of aryl methyl sites for hydroxylation is 1. The Kier molecular flexibility index (Phi) is 2.16. The molecule has 60 valence electrons. The summed E-state index contributed by atoms with van der Waals surface area (Å²) in [7, 11) is 0. The first-order chi connectivity index (χ1) is 5.65. The molecule has 0 aliphatic carbocycles. The van der Waals surface area contributed by atoms with Crippen molar-refractivity contribution in [2.24, 2.45) is 5.73 Å². The third-order valence-electron chi connectivity index (χ3n) is 1.71. The van der Waals surface area contributed by atoms with Crippen LogP contribution in [0.25, 0.3) is 5.70 Å². The predicted molar refractivity (Wildman–Crippen MR) is 49.1 cm³/mol. The van der Waals surface area contributed by atoms with Gasteiger partial charge in [-0.05, 0) is 24.6 Å². The Labute approximate surface area is 71.9 Å². The van der Waals surface area contributed by atoms with E-state index < -0.39 is 0 Å². The molecule has 0 bridgehead atoms. The summed E-state index contributed by atoms with van der Waals surface area (Å²) in [5.41, 5.74) is 8.55. The van der Waals surface area contributed by atoms with Crippen LogP contribution < -0.4 is 5.73 Å². The third-order valence-corrected chi connectivity index (χ3v) is 1.71. The lowest BCUT2D eigenvalue weighted by Gasteiger charge is -2.03. The standard InChI is InChI=1S/C10H10N2/c1-7-3-4-9(6-11)5-10(7)8(2)12/h3-5H,2,12H2,1H3. The summed E-state index contributed by atoms with van der Waals surface area (Å²) in [5, 5.41) is 8.61. The quantitative estimate of drug-likeness (QED) is 0.677. The van der Waals surface area contributed by atoms with Gasteiger partial charge in [-0.2, -0.15) is 5.26 Å². The van der Waals surface area contributed by atoms with Gasteiger partial charge < -0.3 is 5.73 Å². The van der Waals surface area contributed by atoms with Crippen molar-refractivity contribution < 1.29 is 0 Å². The summed E-state index contributed by atoms with van der Waals surface area (Å²) >= 11 is 0. The van der Waals surface area contributed by atoms with Gasteiger partial charge in [0, 0.05) is 11.3 Å². The van der Waals surface area contributed by atoms with Crippen LogP contribution in [0.2, 0.25) is 0 Å². The van der Waals surface area contributed by atoms with Crippen LogP contribution in [0.1, 0.15) is 16.7 Å². The summed E-state index contributed by atoms with van der Waals surface area (Å²) in [5.74, 6) is 0. The lowest BCUT2D eigenvalue weighted by atomic mass is 10.0. The summed E-state index contributed by atoms with van der Waals surface area (Å²) in [6.07, 6.45) is 0. The van der Waals surface area contributed by atoms with E-state index in [1.54, 1.807) is 12.1 Å². The molecule has 0 heterocycles. The van der Waals surface area contributed by atoms with Gasteiger partial charge in [-0.1, -0.05) is 12.6 Å². The highest BCUT2D eigenvalue weighted by Crippen LogP contribution is 2.14. The third kappa shape index (κ3) is 1.46. The summed E-state index contributed by atoms with van der Waals surface area (Å²) in [6, 6.07) is 7.43. The van der Waals surface area contributed by atoms with Crippen LogP contribution in [0.3, 0.4) is 0 Å². The molecule has 2 N–H and O–H groups in total. The highest BCUT2D eigenvalue weighted by atomic mass is 14.6. The first-order valence-electron chi connectivity index (χ1n) is 3.60. The van der Waals surface area contributed by atoms with Gasteiger partial charge in [0.2, 0.25) is 0 Å². The van der Waals surface area contributed by atoms with E-state index >= 15 is 0 Å². The molecule has 0 fully saturated rings. The minimum atomic E-state index is 0.504. The molecule has 0 radical (unpaired) electrons. The van der Waals surface area contributed by atoms with Gasteiger partial charge in [-0.3, -0.25) is 0 Å². The van der Waals surface area contributed by atoms with Crippen LogP contribution in [0.5, 0.6) is 0 Å². The van der Waals surface area contributed by atoms with Crippen LogP contribution in [0.4, 0.5) is 0 Å². The second kappa shape index (κ2) is 3.10. The van der Waals surface area contributed by atoms with Crippen LogP contribution in [-0.4, -0.2) is 0 Å². The Balaban J connectivity index is 3.28. The lowest BCUT2D eigenvalue weighted by Crippen LogP contribution is -1.97. The molecular formula is C10H10N2. The van der Waals surface area contributed by atoms with Crippen molar-refractivity contribution in [3.05, 3.63) is 41.5 Å². The Bertz CT molecular complexity index is 359. The van der Waals surface area contributed by atoms with E-state index in [0.717, 1.165) is 11.1 Å². The van der Waals surface area contributed by atoms with Gasteiger partial charge in [0.25, 0.3) is 0 Å². The average Bonchev–Trinajstić information content (AvgIpc) is 2.05. The van der Waals surface area contributed by atoms with E-state index in [4.69, 9.17) is 11.0 Å². The topological polar surface area (TPSA) is 49.8 Å². The molecule has 0 spiro atoms. The van der Waals surface area contributed by atoms with Crippen molar-refractivity contribution in [2.45, 2.75) is 6.92 Å². The molecule has 0 aliphatic rings. The molecular weight excluding hydrogens is 148 g/mol. The maximum absolute atomic E-state index is 8.61. The van der Waals surface area contributed by atoms with Crippen molar-refractivity contribution in [1.82, 2.24) is 0 Å². The van der Waals surface area contributed by atoms with Gasteiger partial charge in [-0.25, -0.2) is 0 Å². The number of benzene rings is 1. The molecule has 0 saturated carbocycles. The molecule has 1 aromatic rings. The predicted octanol–water partition coefficient (Wildman–Crippen LogP) is 1.80. The molecule has 0 aliphatic heterocycles. The van der Waals surface area contributed by atoms with Crippen molar-refractivity contribution in [3.8, 4) is 6.07 Å². The van der Waals surface area contributed by atoms with E-state index in [0.29, 0.717) is 11.3 Å². The highest BCUT2D eigenvalue weighted by molar-refractivity contribution is 5.64. The van der Waals surface area contributed by atoms with Gasteiger partial charge in [-0.15, -0.1) is 0 Å². The first kappa shape index (κ1) is 8.35. The number of hydrogen-bond donors (Lipinski definition) is 1. The fourth-order valence-electron chi connectivity index (χ4n) is 1.04. The summed E-state index contributed by atoms with van der Waals surface area (Å²) in [6.45, 7) is 5.57. The van der Waals surface area contributed by atoms with Crippen molar-refractivity contribution in [1.29, 1.82) is 5.26 Å². The Morgan fingerprint density at radius 1 is 1.58 bits per heavy atom. The van der Waals surface area contributed by atoms with E-state index in [-0.39, 0.29) is 0 Å². The SMILES string of the molecule is C=C(N)c1cc(C#N)ccc1C. The molecule has 0 saturated heterocycles. The summed E-state index contributed by atoms with van der Waals surface area (Å²) in [4.78, 5) is 0. The minimum Gasteiger partial charge on any atom is -0.399 e. The molecule has 12 heavy (non-hydrogen) atoms. The van der Waals surface area contributed by atoms with Crippen molar-refractivity contribution in [3.63, 3.8) is 0 Å². The maximum Gasteiger partial charge on any atom is 0.0991 e. The molecule has 1 rings (SSSR count). The zero-order valence-corrected chi connectivity index (χ0v) is 6.96. The molecule has 0 atom stereocenters. The molecule has 1 aromatic carbocycles. The number of rotatable bonds is 1. The molecule has 0 aromatic heterocycles. The Morgan fingerprint density at radius 2 is 2.25 bits per heavy atom. The lowest BCUT2D eigenvalue weighted by molar-refractivity contribution is 1.37. The van der Waals surface area contributed by atoms with Crippen LogP contribution >= 0.6 is 0 Å². The normalized spacial score (nSPS) is 9.00. The van der Waals surface area contributed by atoms with Crippen LogP contribution in [-0.2, 0) is 0 Å². The maximum atomic E-state index is 8.61. The Hall–Kier alpha value is -1.75. The Morgan fingerprint density at radius 3 is 2.75 bits per heavy atom. The van der Waals surface area contributed by atoms with Gasteiger partial charge >= 0.3 is 0 Å². The van der Waals surface area contributed by atoms with Crippen LogP contribution in [0.15, 0.2) is 24.8 Å². The highest BCUT2D eigenvalue weighted by Gasteiger charge is 2.00. The van der Waals surface area contributed by atoms with Gasteiger partial charge in [0.05, 0.1) is 11.6 Å². The van der Waals surface area contributed by atoms with Crippen LogP contribution in [0, 0.1) is 18.3 Å². The first-order valence-corrected chi connectivity index (χ1v) is 3.60. The zero-order valence-electron chi connectivity index (χ0n) is 6.96. The number of hydrogen-bond acceptors (Lipinski definition) is 2. The summed E-state index contributed by atoms with van der Waals surface area (Å²) < 4.78 is 0. The van der Waals surface area contributed by atoms with E-state index in [9.17, 15) is 0 Å². The molecule has 2 heteroatoms. The molecule has 0 unspecified atom stereocenters. The monoisotopic (exact) mass is 158 g/mol. The van der Waals surface area contributed by atoms with Crippen molar-refractivity contribution >= 4 is 5.70 Å². The van der Waals surface area contributed by atoms with Gasteiger partial charge in [0.1, 0.15) is 0 Å². The van der Waals surface area contributed by atoms with Crippen molar-refractivity contribution in [2.75, 3.05) is 0 Å². The number of nitrogens with two attached hydrogens (primary N) is 1. The molecule has 0 amide bonds. The van der Waals surface area contributed by atoms with E-state index in [2.05, 4.69) is 12.6 Å². The fourth-order valence-corrected chi connectivity index (χ4v) is 1.04.